The van der Waals surface area contributed by atoms with Gasteiger partial charge in [-0.15, -0.1) is 0 Å². The van der Waals surface area contributed by atoms with Gasteiger partial charge in [-0.05, 0) is 37.1 Å². The van der Waals surface area contributed by atoms with E-state index in [1.54, 1.807) is 0 Å². The highest BCUT2D eigenvalue weighted by Crippen LogP contribution is 2.17. The summed E-state index contributed by atoms with van der Waals surface area (Å²) >= 11 is 0. The summed E-state index contributed by atoms with van der Waals surface area (Å²) in [6, 6.07) is 5.74. The number of aliphatic imine (C=N–C) groups is 1. The van der Waals surface area contributed by atoms with Crippen LogP contribution >= 0.6 is 0 Å². The average molecular weight is 191 g/mol. The van der Waals surface area contributed by atoms with E-state index in [9.17, 15) is 4.79 Å². The van der Waals surface area contributed by atoms with Crippen molar-refractivity contribution in [1.29, 1.82) is 0 Å². The summed E-state index contributed by atoms with van der Waals surface area (Å²) in [6.07, 6.45) is 1.53. The molecule has 0 heterocycles. The molecule has 0 aromatic heterocycles. The molecule has 74 valence electrons. The zero-order valence-corrected chi connectivity index (χ0v) is 8.41. The lowest BCUT2D eigenvalue weighted by molar-refractivity contribution is 0.340. The molecule has 0 aliphatic carbocycles. The summed E-state index contributed by atoms with van der Waals surface area (Å²) in [5, 5.41) is 0. The van der Waals surface area contributed by atoms with Gasteiger partial charge in [0.2, 0.25) is 6.08 Å². The number of nitrogens with zero attached hydrogens (tertiary/aromatic N) is 1. The van der Waals surface area contributed by atoms with Crippen LogP contribution in [0.2, 0.25) is 0 Å². The molecular weight excluding hydrogens is 178 g/mol. The Hall–Kier alpha value is -1.60. The second kappa shape index (κ2) is 5.20. The lowest BCUT2D eigenvalue weighted by Gasteiger charge is -2.06. The van der Waals surface area contributed by atoms with Crippen LogP contribution in [-0.4, -0.2) is 12.7 Å². The maximum atomic E-state index is 9.94. The SMILES string of the molecule is CCOc1ccc(CN=C=O)c(C)c1. The first kappa shape index (κ1) is 10.5. The lowest BCUT2D eigenvalue weighted by atomic mass is 10.1. The van der Waals surface area contributed by atoms with Gasteiger partial charge < -0.3 is 4.74 Å². The Bertz CT molecular complexity index is 354. The highest BCUT2D eigenvalue weighted by molar-refractivity contribution is 5.37. The molecule has 0 aliphatic heterocycles. The molecule has 0 radical (unpaired) electrons. The molecule has 14 heavy (non-hydrogen) atoms. The molecule has 0 bridgehead atoms. The van der Waals surface area contributed by atoms with Gasteiger partial charge in [-0.3, -0.25) is 0 Å². The Balaban J connectivity index is 2.83. The van der Waals surface area contributed by atoms with Gasteiger partial charge in [-0.25, -0.2) is 9.79 Å². The van der Waals surface area contributed by atoms with E-state index < -0.39 is 0 Å². The third-order valence-electron chi connectivity index (χ3n) is 1.94. The number of rotatable bonds is 4. The van der Waals surface area contributed by atoms with E-state index in [2.05, 4.69) is 4.99 Å². The van der Waals surface area contributed by atoms with Crippen LogP contribution in [0.4, 0.5) is 0 Å². The predicted octanol–water partition coefficient (Wildman–Crippen LogP) is 2.23. The molecule has 0 aliphatic rings. The normalized spacial score (nSPS) is 9.29. The Morgan fingerprint density at radius 3 is 2.86 bits per heavy atom. The van der Waals surface area contributed by atoms with Crippen LogP contribution in [0.3, 0.4) is 0 Å². The van der Waals surface area contributed by atoms with E-state index >= 15 is 0 Å². The molecule has 1 aromatic carbocycles. The smallest absolute Gasteiger partial charge is 0.235 e. The molecular formula is C11H13NO2. The monoisotopic (exact) mass is 191 g/mol. The molecule has 0 saturated heterocycles. The van der Waals surface area contributed by atoms with Crippen molar-refractivity contribution in [1.82, 2.24) is 0 Å². The maximum Gasteiger partial charge on any atom is 0.235 e. The summed E-state index contributed by atoms with van der Waals surface area (Å²) in [7, 11) is 0. The zero-order chi connectivity index (χ0) is 10.4. The molecule has 0 amide bonds. The van der Waals surface area contributed by atoms with Crippen molar-refractivity contribution in [2.75, 3.05) is 6.61 Å². The van der Waals surface area contributed by atoms with Gasteiger partial charge in [-0.2, -0.15) is 0 Å². The molecule has 3 nitrogen and oxygen atoms in total. The van der Waals surface area contributed by atoms with Gasteiger partial charge in [0.25, 0.3) is 0 Å². The fourth-order valence-electron chi connectivity index (χ4n) is 1.22. The largest absolute Gasteiger partial charge is 0.494 e. The number of hydrogen-bond donors (Lipinski definition) is 0. The van der Waals surface area contributed by atoms with Crippen LogP contribution in [0, 0.1) is 6.92 Å². The predicted molar refractivity (Wildman–Crippen MR) is 54.2 cm³/mol. The van der Waals surface area contributed by atoms with Gasteiger partial charge in [0.05, 0.1) is 13.2 Å². The van der Waals surface area contributed by atoms with Crippen molar-refractivity contribution in [3.05, 3.63) is 29.3 Å². The first-order valence-electron chi connectivity index (χ1n) is 4.54. The van der Waals surface area contributed by atoms with Crippen molar-refractivity contribution in [2.45, 2.75) is 20.4 Å². The van der Waals surface area contributed by atoms with Crippen LogP contribution < -0.4 is 4.74 Å². The van der Waals surface area contributed by atoms with E-state index in [0.29, 0.717) is 13.2 Å². The highest BCUT2D eigenvalue weighted by atomic mass is 16.5. The third kappa shape index (κ3) is 2.71. The average Bonchev–Trinajstić information content (AvgIpc) is 2.17. The Labute approximate surface area is 83.4 Å². The standard InChI is InChI=1S/C11H13NO2/c1-3-14-11-5-4-10(7-12-8-13)9(2)6-11/h4-6H,3,7H2,1-2H3. The fourth-order valence-corrected chi connectivity index (χ4v) is 1.22. The Kier molecular flexibility index (Phi) is 3.89. The minimum Gasteiger partial charge on any atom is -0.494 e. The van der Waals surface area contributed by atoms with Crippen molar-refractivity contribution >= 4 is 6.08 Å². The van der Waals surface area contributed by atoms with Crippen molar-refractivity contribution in [3.8, 4) is 5.75 Å². The van der Waals surface area contributed by atoms with E-state index in [1.807, 2.05) is 32.0 Å². The van der Waals surface area contributed by atoms with Crippen LogP contribution in [0.25, 0.3) is 0 Å². The number of benzene rings is 1. The topological polar surface area (TPSA) is 38.7 Å². The molecule has 3 heteroatoms. The molecule has 1 rings (SSSR count). The number of ether oxygens (including phenoxy) is 1. The van der Waals surface area contributed by atoms with Crippen molar-refractivity contribution in [2.24, 2.45) is 4.99 Å². The molecule has 0 fully saturated rings. The second-order valence-corrected chi connectivity index (χ2v) is 2.93. The summed E-state index contributed by atoms with van der Waals surface area (Å²) in [5.74, 6) is 0.851. The highest BCUT2D eigenvalue weighted by Gasteiger charge is 1.99. The molecule has 0 atom stereocenters. The maximum absolute atomic E-state index is 9.94. The second-order valence-electron chi connectivity index (χ2n) is 2.93. The van der Waals surface area contributed by atoms with Crippen LogP contribution in [0.1, 0.15) is 18.1 Å². The third-order valence-corrected chi connectivity index (χ3v) is 1.94. The van der Waals surface area contributed by atoms with Crippen LogP contribution in [0.15, 0.2) is 23.2 Å². The molecule has 0 saturated carbocycles. The van der Waals surface area contributed by atoms with Crippen molar-refractivity contribution in [3.63, 3.8) is 0 Å². The van der Waals surface area contributed by atoms with Gasteiger partial charge in [0, 0.05) is 0 Å². The molecule has 0 unspecified atom stereocenters. The first-order valence-corrected chi connectivity index (χ1v) is 4.54. The molecule has 1 aromatic rings. The fraction of sp³-hybridized carbons (Fsp3) is 0.364. The summed E-state index contributed by atoms with van der Waals surface area (Å²) in [4.78, 5) is 13.5. The van der Waals surface area contributed by atoms with E-state index in [-0.39, 0.29) is 0 Å². The summed E-state index contributed by atoms with van der Waals surface area (Å²) in [5.41, 5.74) is 2.10. The van der Waals surface area contributed by atoms with Crippen molar-refractivity contribution < 1.29 is 9.53 Å². The molecule has 0 N–H and O–H groups in total. The van der Waals surface area contributed by atoms with E-state index in [1.165, 1.54) is 6.08 Å². The van der Waals surface area contributed by atoms with Crippen LogP contribution in [-0.2, 0) is 11.3 Å². The minimum atomic E-state index is 0.391. The number of aryl methyl sites for hydroxylation is 1. The van der Waals surface area contributed by atoms with Gasteiger partial charge in [-0.1, -0.05) is 6.07 Å². The summed E-state index contributed by atoms with van der Waals surface area (Å²) in [6.45, 7) is 4.96. The number of carbonyl (C=O) groups excluding carboxylic acids is 1. The Morgan fingerprint density at radius 2 is 2.29 bits per heavy atom. The van der Waals surface area contributed by atoms with E-state index in [0.717, 1.165) is 16.9 Å². The minimum absolute atomic E-state index is 0.391. The Morgan fingerprint density at radius 1 is 1.50 bits per heavy atom. The van der Waals surface area contributed by atoms with Gasteiger partial charge in [0.1, 0.15) is 5.75 Å². The van der Waals surface area contributed by atoms with Gasteiger partial charge >= 0.3 is 0 Å². The van der Waals surface area contributed by atoms with Gasteiger partial charge in [0.15, 0.2) is 0 Å². The molecule has 0 spiro atoms. The first-order chi connectivity index (χ1) is 6.77. The zero-order valence-electron chi connectivity index (χ0n) is 8.41. The number of hydrogen-bond acceptors (Lipinski definition) is 3. The van der Waals surface area contributed by atoms with Crippen LogP contribution in [0.5, 0.6) is 5.75 Å². The quantitative estimate of drug-likeness (QED) is 0.540. The van der Waals surface area contributed by atoms with E-state index in [4.69, 9.17) is 4.74 Å². The summed E-state index contributed by atoms with van der Waals surface area (Å²) < 4.78 is 5.34. The number of isocyanates is 1. The lowest BCUT2D eigenvalue weighted by Crippen LogP contribution is -1.93.